The Morgan fingerprint density at radius 2 is 1.95 bits per heavy atom. The lowest BCUT2D eigenvalue weighted by Crippen LogP contribution is -2.36. The van der Waals surface area contributed by atoms with E-state index in [0.29, 0.717) is 5.92 Å². The van der Waals surface area contributed by atoms with Crippen LogP contribution in [0.3, 0.4) is 0 Å². The second-order valence-corrected chi connectivity index (χ2v) is 5.86. The molecule has 0 spiro atoms. The van der Waals surface area contributed by atoms with E-state index in [0.717, 1.165) is 30.7 Å². The van der Waals surface area contributed by atoms with Crippen LogP contribution in [-0.4, -0.2) is 6.61 Å². The molecule has 1 fully saturated rings. The minimum absolute atomic E-state index is 0.00379. The Balaban J connectivity index is 1.79. The molecule has 0 amide bonds. The molecule has 2 aromatic carbocycles. The molecule has 108 valence electrons. The van der Waals surface area contributed by atoms with Crippen molar-refractivity contribution in [2.75, 3.05) is 11.9 Å². The summed E-state index contributed by atoms with van der Waals surface area (Å²) in [6, 6.07) is 15.7. The lowest BCUT2D eigenvalue weighted by Gasteiger charge is -2.43. The van der Waals surface area contributed by atoms with Crippen molar-refractivity contribution in [3.63, 3.8) is 0 Å². The van der Waals surface area contributed by atoms with Gasteiger partial charge in [-0.3, -0.25) is 0 Å². The number of anilines is 1. The highest BCUT2D eigenvalue weighted by Crippen LogP contribution is 2.49. The number of benzene rings is 2. The maximum absolute atomic E-state index is 13.6. The van der Waals surface area contributed by atoms with Gasteiger partial charge in [0, 0.05) is 23.8 Å². The van der Waals surface area contributed by atoms with E-state index in [-0.39, 0.29) is 18.0 Å². The Morgan fingerprint density at radius 1 is 1.10 bits per heavy atom. The van der Waals surface area contributed by atoms with Crippen molar-refractivity contribution < 1.29 is 9.13 Å². The molecule has 0 saturated carbocycles. The Labute approximate surface area is 123 Å². The summed E-state index contributed by atoms with van der Waals surface area (Å²) in [7, 11) is 0. The third-order valence-electron chi connectivity index (χ3n) is 4.59. The molecule has 1 N–H and O–H groups in total. The van der Waals surface area contributed by atoms with Gasteiger partial charge in [0.05, 0.1) is 12.1 Å². The molecule has 1 saturated heterocycles. The van der Waals surface area contributed by atoms with Crippen LogP contribution in [0.1, 0.15) is 36.1 Å². The van der Waals surface area contributed by atoms with Crippen LogP contribution in [0.25, 0.3) is 0 Å². The van der Waals surface area contributed by atoms with Gasteiger partial charge < -0.3 is 10.1 Å². The lowest BCUT2D eigenvalue weighted by molar-refractivity contribution is -0.0382. The van der Waals surface area contributed by atoms with Gasteiger partial charge in [0.25, 0.3) is 0 Å². The predicted molar refractivity (Wildman–Crippen MR) is 80.6 cm³/mol. The molecule has 0 unspecified atom stereocenters. The molecule has 2 aliphatic rings. The molecular weight excluding hydrogens is 265 g/mol. The van der Waals surface area contributed by atoms with Crippen LogP contribution >= 0.6 is 0 Å². The Morgan fingerprint density at radius 3 is 2.81 bits per heavy atom. The average molecular weight is 283 g/mol. The summed E-state index contributed by atoms with van der Waals surface area (Å²) in [4.78, 5) is 0. The van der Waals surface area contributed by atoms with Gasteiger partial charge >= 0.3 is 0 Å². The van der Waals surface area contributed by atoms with Gasteiger partial charge in [-0.25, -0.2) is 4.39 Å². The molecule has 3 heteroatoms. The first-order valence-electron chi connectivity index (χ1n) is 7.55. The first-order valence-corrected chi connectivity index (χ1v) is 7.55. The number of halogens is 1. The summed E-state index contributed by atoms with van der Waals surface area (Å²) in [5.74, 6) is 0.164. The molecule has 2 aliphatic heterocycles. The first-order chi connectivity index (χ1) is 10.3. The smallest absolute Gasteiger partial charge is 0.123 e. The minimum Gasteiger partial charge on any atom is -0.378 e. The normalized spacial score (nSPS) is 27.4. The van der Waals surface area contributed by atoms with E-state index in [2.05, 4.69) is 29.6 Å². The summed E-state index contributed by atoms with van der Waals surface area (Å²) >= 11 is 0. The summed E-state index contributed by atoms with van der Waals surface area (Å²) in [5.41, 5.74) is 3.23. The van der Waals surface area contributed by atoms with Crippen molar-refractivity contribution in [3.8, 4) is 0 Å². The first kappa shape index (κ1) is 12.8. The van der Waals surface area contributed by atoms with Crippen LogP contribution in [0, 0.1) is 11.7 Å². The summed E-state index contributed by atoms with van der Waals surface area (Å²) in [5, 5.41) is 3.59. The fourth-order valence-electron chi connectivity index (χ4n) is 3.63. The van der Waals surface area contributed by atoms with Gasteiger partial charge in [-0.1, -0.05) is 30.3 Å². The van der Waals surface area contributed by atoms with E-state index < -0.39 is 0 Å². The monoisotopic (exact) mass is 283 g/mol. The van der Waals surface area contributed by atoms with Gasteiger partial charge in [-0.15, -0.1) is 0 Å². The molecule has 2 nitrogen and oxygen atoms in total. The zero-order valence-electron chi connectivity index (χ0n) is 11.8. The molecule has 2 heterocycles. The second-order valence-electron chi connectivity index (χ2n) is 5.86. The third-order valence-corrected chi connectivity index (χ3v) is 4.59. The molecule has 0 aliphatic carbocycles. The van der Waals surface area contributed by atoms with E-state index in [4.69, 9.17) is 4.74 Å². The van der Waals surface area contributed by atoms with Crippen molar-refractivity contribution in [1.82, 2.24) is 0 Å². The SMILES string of the molecule is Fc1ccc2c(c1)[C@H]1OCCC[C@H]1[C@H](c1ccccc1)N2. The van der Waals surface area contributed by atoms with E-state index in [9.17, 15) is 4.39 Å². The second kappa shape index (κ2) is 5.15. The molecule has 4 rings (SSSR count). The van der Waals surface area contributed by atoms with Crippen molar-refractivity contribution in [2.45, 2.75) is 25.0 Å². The van der Waals surface area contributed by atoms with Gasteiger partial charge in [-0.2, -0.15) is 0 Å². The van der Waals surface area contributed by atoms with Gasteiger partial charge in [0.15, 0.2) is 0 Å². The molecule has 3 atom stereocenters. The number of nitrogens with one attached hydrogen (secondary N) is 1. The maximum atomic E-state index is 13.6. The number of ether oxygens (including phenoxy) is 1. The highest BCUT2D eigenvalue weighted by molar-refractivity contribution is 5.57. The van der Waals surface area contributed by atoms with Crippen LogP contribution in [0.15, 0.2) is 48.5 Å². The lowest BCUT2D eigenvalue weighted by atomic mass is 9.77. The average Bonchev–Trinajstić information content (AvgIpc) is 2.55. The van der Waals surface area contributed by atoms with Crippen molar-refractivity contribution in [3.05, 3.63) is 65.5 Å². The molecule has 0 radical (unpaired) electrons. The highest BCUT2D eigenvalue weighted by Gasteiger charge is 2.39. The number of rotatable bonds is 1. The maximum Gasteiger partial charge on any atom is 0.123 e. The largest absolute Gasteiger partial charge is 0.378 e. The zero-order chi connectivity index (χ0) is 14.2. The van der Waals surface area contributed by atoms with E-state index in [1.54, 1.807) is 6.07 Å². The predicted octanol–water partition coefficient (Wildman–Crippen LogP) is 4.46. The molecule has 21 heavy (non-hydrogen) atoms. The van der Waals surface area contributed by atoms with E-state index in [1.807, 2.05) is 12.1 Å². The molecule has 0 aromatic heterocycles. The summed E-state index contributed by atoms with van der Waals surface area (Å²) in [6.07, 6.45) is 2.17. The van der Waals surface area contributed by atoms with Gasteiger partial charge in [0.1, 0.15) is 5.82 Å². The molecular formula is C18H18FNO. The Kier molecular flexibility index (Phi) is 3.15. The quantitative estimate of drug-likeness (QED) is 0.834. The standard InChI is InChI=1S/C18H18FNO/c19-13-8-9-16-15(11-13)18-14(7-4-10-21-18)17(20-16)12-5-2-1-3-6-12/h1-3,5-6,8-9,11,14,17-18,20H,4,7,10H2/t14-,17-,18-/m0/s1. The molecule has 0 bridgehead atoms. The molecule has 2 aromatic rings. The van der Waals surface area contributed by atoms with Crippen LogP contribution in [0.5, 0.6) is 0 Å². The number of hydrogen-bond donors (Lipinski definition) is 1. The van der Waals surface area contributed by atoms with E-state index >= 15 is 0 Å². The van der Waals surface area contributed by atoms with Crippen LogP contribution in [-0.2, 0) is 4.74 Å². The Bertz CT molecular complexity index is 643. The number of hydrogen-bond acceptors (Lipinski definition) is 2. The van der Waals surface area contributed by atoms with Crippen molar-refractivity contribution >= 4 is 5.69 Å². The van der Waals surface area contributed by atoms with Gasteiger partial charge in [0.2, 0.25) is 0 Å². The van der Waals surface area contributed by atoms with Crippen molar-refractivity contribution in [2.24, 2.45) is 5.92 Å². The van der Waals surface area contributed by atoms with Gasteiger partial charge in [-0.05, 0) is 36.6 Å². The highest BCUT2D eigenvalue weighted by atomic mass is 19.1. The van der Waals surface area contributed by atoms with Crippen LogP contribution in [0.2, 0.25) is 0 Å². The zero-order valence-corrected chi connectivity index (χ0v) is 11.8. The fourth-order valence-corrected chi connectivity index (χ4v) is 3.63. The summed E-state index contributed by atoms with van der Waals surface area (Å²) in [6.45, 7) is 0.763. The fraction of sp³-hybridized carbons (Fsp3) is 0.333. The summed E-state index contributed by atoms with van der Waals surface area (Å²) < 4.78 is 19.6. The van der Waals surface area contributed by atoms with Crippen molar-refractivity contribution in [1.29, 1.82) is 0 Å². The van der Waals surface area contributed by atoms with Crippen LogP contribution < -0.4 is 5.32 Å². The number of fused-ring (bicyclic) bond motifs is 3. The minimum atomic E-state index is -0.193. The van der Waals surface area contributed by atoms with Crippen LogP contribution in [0.4, 0.5) is 10.1 Å². The topological polar surface area (TPSA) is 21.3 Å². The Hall–Kier alpha value is -1.87. The third kappa shape index (κ3) is 2.22. The van der Waals surface area contributed by atoms with E-state index in [1.165, 1.54) is 11.6 Å².